The molecule has 0 aliphatic heterocycles. The van der Waals surface area contributed by atoms with Crippen LogP contribution in [0.25, 0.3) is 0 Å². The zero-order valence-electron chi connectivity index (χ0n) is 10.5. The summed E-state index contributed by atoms with van der Waals surface area (Å²) in [4.78, 5) is 0. The van der Waals surface area contributed by atoms with Crippen molar-refractivity contribution in [1.29, 1.82) is 0 Å². The second kappa shape index (κ2) is 5.05. The van der Waals surface area contributed by atoms with Gasteiger partial charge in [-0.2, -0.15) is 0 Å². The van der Waals surface area contributed by atoms with Gasteiger partial charge >= 0.3 is 0 Å². The van der Waals surface area contributed by atoms with Crippen LogP contribution >= 0.6 is 0 Å². The maximum atomic E-state index is 5.41. The molecular formula is C14H23NO. The normalized spacial score (nSPS) is 20.4. The van der Waals surface area contributed by atoms with Gasteiger partial charge in [0, 0.05) is 6.54 Å². The largest absolute Gasteiger partial charge is 0.468 e. The molecule has 1 heterocycles. The van der Waals surface area contributed by atoms with Gasteiger partial charge in [-0.1, -0.05) is 19.8 Å². The Morgan fingerprint density at radius 3 is 2.81 bits per heavy atom. The van der Waals surface area contributed by atoms with Crippen LogP contribution in [0.4, 0.5) is 0 Å². The minimum atomic E-state index is 0.337. The van der Waals surface area contributed by atoms with Gasteiger partial charge < -0.3 is 9.73 Å². The summed E-state index contributed by atoms with van der Waals surface area (Å²) >= 11 is 0. The molecule has 1 aliphatic rings. The van der Waals surface area contributed by atoms with E-state index in [0.29, 0.717) is 11.5 Å². The van der Waals surface area contributed by atoms with Crippen LogP contribution in [0.15, 0.2) is 22.8 Å². The lowest BCUT2D eigenvalue weighted by Crippen LogP contribution is -2.40. The highest BCUT2D eigenvalue weighted by Crippen LogP contribution is 2.44. The highest BCUT2D eigenvalue weighted by Gasteiger charge is 2.35. The van der Waals surface area contributed by atoms with Crippen LogP contribution in [0.5, 0.6) is 0 Å². The topological polar surface area (TPSA) is 25.2 Å². The summed E-state index contributed by atoms with van der Waals surface area (Å²) in [6.45, 7) is 5.61. The van der Waals surface area contributed by atoms with Gasteiger partial charge in [0.1, 0.15) is 5.76 Å². The lowest BCUT2D eigenvalue weighted by Gasteiger charge is -2.42. The number of furan rings is 1. The highest BCUT2D eigenvalue weighted by molar-refractivity contribution is 5.03. The average molecular weight is 221 g/mol. The van der Waals surface area contributed by atoms with Gasteiger partial charge in [0.05, 0.1) is 12.3 Å². The summed E-state index contributed by atoms with van der Waals surface area (Å²) in [5.41, 5.74) is 0.593. The van der Waals surface area contributed by atoms with E-state index in [4.69, 9.17) is 4.42 Å². The van der Waals surface area contributed by atoms with Crippen LogP contribution in [0, 0.1) is 5.41 Å². The molecule has 1 saturated carbocycles. The Kier molecular flexibility index (Phi) is 3.70. The Hall–Kier alpha value is -0.760. The minimum Gasteiger partial charge on any atom is -0.468 e. The molecule has 0 bridgehead atoms. The Morgan fingerprint density at radius 1 is 1.50 bits per heavy atom. The lowest BCUT2D eigenvalue weighted by molar-refractivity contribution is 0.110. The molecule has 2 heteroatoms. The Labute approximate surface area is 98.4 Å². The third-order valence-corrected chi connectivity index (χ3v) is 3.95. The first-order valence-corrected chi connectivity index (χ1v) is 6.52. The van der Waals surface area contributed by atoms with Crippen molar-refractivity contribution >= 4 is 0 Å². The molecule has 0 spiro atoms. The van der Waals surface area contributed by atoms with Crippen molar-refractivity contribution in [3.8, 4) is 0 Å². The number of rotatable bonds is 6. The first-order valence-electron chi connectivity index (χ1n) is 6.52. The molecule has 0 amide bonds. The van der Waals surface area contributed by atoms with Crippen molar-refractivity contribution < 1.29 is 4.42 Å². The van der Waals surface area contributed by atoms with Gasteiger partial charge in [-0.3, -0.25) is 0 Å². The summed E-state index contributed by atoms with van der Waals surface area (Å²) in [6.07, 6.45) is 8.63. The summed E-state index contributed by atoms with van der Waals surface area (Å²) in [5, 5.41) is 3.62. The van der Waals surface area contributed by atoms with E-state index >= 15 is 0 Å². The molecule has 90 valence electrons. The van der Waals surface area contributed by atoms with Crippen molar-refractivity contribution in [2.24, 2.45) is 5.41 Å². The molecule has 1 unspecified atom stereocenters. The molecule has 1 atom stereocenters. The SMILES string of the molecule is CCCC1(CNC(C)c2ccco2)CCC1. The molecule has 0 aromatic carbocycles. The molecular weight excluding hydrogens is 198 g/mol. The Balaban J connectivity index is 1.82. The van der Waals surface area contributed by atoms with E-state index in [0.717, 1.165) is 12.3 Å². The van der Waals surface area contributed by atoms with Crippen molar-refractivity contribution in [3.05, 3.63) is 24.2 Å². The fourth-order valence-electron chi connectivity index (χ4n) is 2.73. The van der Waals surface area contributed by atoms with E-state index in [-0.39, 0.29) is 0 Å². The fourth-order valence-corrected chi connectivity index (χ4v) is 2.73. The molecule has 16 heavy (non-hydrogen) atoms. The van der Waals surface area contributed by atoms with Gasteiger partial charge in [0.25, 0.3) is 0 Å². The first kappa shape index (κ1) is 11.7. The first-order chi connectivity index (χ1) is 7.76. The number of nitrogens with one attached hydrogen (secondary N) is 1. The van der Waals surface area contributed by atoms with Crippen molar-refractivity contribution in [3.63, 3.8) is 0 Å². The van der Waals surface area contributed by atoms with Crippen LogP contribution in [0.2, 0.25) is 0 Å². The third-order valence-electron chi connectivity index (χ3n) is 3.95. The average Bonchev–Trinajstić information content (AvgIpc) is 2.74. The third kappa shape index (κ3) is 2.49. The zero-order chi connectivity index (χ0) is 11.4. The monoisotopic (exact) mass is 221 g/mol. The van der Waals surface area contributed by atoms with Crippen molar-refractivity contribution in [2.45, 2.75) is 52.0 Å². The van der Waals surface area contributed by atoms with Crippen LogP contribution in [-0.2, 0) is 0 Å². The van der Waals surface area contributed by atoms with Crippen molar-refractivity contribution in [1.82, 2.24) is 5.32 Å². The predicted octanol–water partition coefficient (Wildman–Crippen LogP) is 3.90. The van der Waals surface area contributed by atoms with E-state index < -0.39 is 0 Å². The van der Waals surface area contributed by atoms with E-state index in [9.17, 15) is 0 Å². The highest BCUT2D eigenvalue weighted by atomic mass is 16.3. The van der Waals surface area contributed by atoms with E-state index in [1.165, 1.54) is 32.1 Å². The fraction of sp³-hybridized carbons (Fsp3) is 0.714. The van der Waals surface area contributed by atoms with Crippen molar-refractivity contribution in [2.75, 3.05) is 6.54 Å². The second-order valence-corrected chi connectivity index (χ2v) is 5.22. The molecule has 0 saturated heterocycles. The van der Waals surface area contributed by atoms with Gasteiger partial charge in [-0.05, 0) is 43.7 Å². The molecule has 1 aromatic heterocycles. The van der Waals surface area contributed by atoms with Crippen LogP contribution in [0.3, 0.4) is 0 Å². The Morgan fingerprint density at radius 2 is 2.31 bits per heavy atom. The number of hydrogen-bond donors (Lipinski definition) is 1. The molecule has 1 aliphatic carbocycles. The van der Waals surface area contributed by atoms with E-state index in [1.54, 1.807) is 6.26 Å². The Bertz CT molecular complexity index is 301. The van der Waals surface area contributed by atoms with Crippen LogP contribution < -0.4 is 5.32 Å². The second-order valence-electron chi connectivity index (χ2n) is 5.22. The molecule has 1 aromatic rings. The summed E-state index contributed by atoms with van der Waals surface area (Å²) < 4.78 is 5.41. The standard InChI is InChI=1S/C14H23NO/c1-3-7-14(8-5-9-14)11-15-12(2)13-6-4-10-16-13/h4,6,10,12,15H,3,5,7-9,11H2,1-2H3. The quantitative estimate of drug-likeness (QED) is 0.788. The maximum absolute atomic E-state index is 5.41. The van der Waals surface area contributed by atoms with Crippen LogP contribution in [-0.4, -0.2) is 6.54 Å². The minimum absolute atomic E-state index is 0.337. The summed E-state index contributed by atoms with van der Waals surface area (Å²) in [7, 11) is 0. The zero-order valence-corrected chi connectivity index (χ0v) is 10.5. The van der Waals surface area contributed by atoms with Gasteiger partial charge in [0.15, 0.2) is 0 Å². The molecule has 0 radical (unpaired) electrons. The summed E-state index contributed by atoms with van der Waals surface area (Å²) in [5.74, 6) is 1.05. The molecule has 1 fully saturated rings. The van der Waals surface area contributed by atoms with Gasteiger partial charge in [-0.25, -0.2) is 0 Å². The van der Waals surface area contributed by atoms with Gasteiger partial charge in [0.2, 0.25) is 0 Å². The molecule has 2 nitrogen and oxygen atoms in total. The number of hydrogen-bond acceptors (Lipinski definition) is 2. The summed E-state index contributed by atoms with van der Waals surface area (Å²) in [6, 6.07) is 4.34. The van der Waals surface area contributed by atoms with E-state index in [1.807, 2.05) is 12.1 Å². The van der Waals surface area contributed by atoms with E-state index in [2.05, 4.69) is 19.2 Å². The van der Waals surface area contributed by atoms with Gasteiger partial charge in [-0.15, -0.1) is 0 Å². The van der Waals surface area contributed by atoms with Crippen LogP contribution in [0.1, 0.15) is 57.8 Å². The molecule has 2 rings (SSSR count). The smallest absolute Gasteiger partial charge is 0.120 e. The predicted molar refractivity (Wildman–Crippen MR) is 66.3 cm³/mol. The maximum Gasteiger partial charge on any atom is 0.120 e. The lowest BCUT2D eigenvalue weighted by atomic mass is 9.66. The molecule has 1 N–H and O–H groups in total.